The van der Waals surface area contributed by atoms with Crippen LogP contribution in [0.5, 0.6) is 11.5 Å². The number of pyridine rings is 2. The summed E-state index contributed by atoms with van der Waals surface area (Å²) in [6.07, 6.45) is 5.02. The lowest BCUT2D eigenvalue weighted by Crippen LogP contribution is -2.46. The summed E-state index contributed by atoms with van der Waals surface area (Å²) in [6.45, 7) is 0.378. The Hall–Kier alpha value is -2.78. The Morgan fingerprint density at radius 1 is 0.603 bits per heavy atom. The minimum absolute atomic E-state index is 0.0193. The van der Waals surface area contributed by atoms with Gasteiger partial charge in [-0.3, -0.25) is 9.97 Å². The lowest BCUT2D eigenvalue weighted by atomic mass is 9.91. The number of aromatic nitrogens is 2. The van der Waals surface area contributed by atoms with E-state index in [0.29, 0.717) is 61.5 Å². The average molecular weight is 1220 g/mol. The molecule has 2 aliphatic carbocycles. The standard InChI is InChI=1S/C23H21BrCl2N2O4S.C19H13BrCl3NO3S.C4H8ClNO/c24-15-6-20(25)19(21(26)7-15)10-16-11-23(33(30,31)28-17-8-18(29)9-17)22(12-27-16)32-13-14-4-2-1-3-5-14;20-13-6-16(21)15(17(22)7-13)8-14-9-19(28(23,25)26)18(10-24-14)27-11-12-4-2-1-3-5-12;5-6-3-1-4(7)2-3/h1-7,11-12,17-18,28-29H,8-10,13H2;1-7,9-10H,8,11H2;3-4,6-7H,1-2H2. The Labute approximate surface area is 441 Å². The smallest absolute Gasteiger partial charge is 0.265 e. The van der Waals surface area contributed by atoms with Gasteiger partial charge in [0, 0.05) is 76.0 Å². The van der Waals surface area contributed by atoms with E-state index in [0.717, 1.165) is 32.9 Å². The maximum absolute atomic E-state index is 13.2. The summed E-state index contributed by atoms with van der Waals surface area (Å²) >= 11 is 37.1. The van der Waals surface area contributed by atoms with Crippen molar-refractivity contribution in [2.45, 2.75) is 85.8 Å². The molecule has 0 amide bonds. The summed E-state index contributed by atoms with van der Waals surface area (Å²) < 4.78 is 66.1. The van der Waals surface area contributed by atoms with E-state index >= 15 is 0 Å². The zero-order chi connectivity index (χ0) is 49.2. The van der Waals surface area contributed by atoms with Gasteiger partial charge in [-0.25, -0.2) is 26.4 Å². The number of hydrogen-bond donors (Lipinski definition) is 4. The number of nitrogens with zero attached hydrogens (tertiary/aromatic N) is 2. The number of aliphatic hydroxyl groups is 2. The van der Waals surface area contributed by atoms with Crippen LogP contribution in [-0.4, -0.2) is 61.3 Å². The van der Waals surface area contributed by atoms with E-state index in [1.165, 1.54) is 24.5 Å². The number of benzene rings is 4. The Kier molecular flexibility index (Phi) is 20.1. The van der Waals surface area contributed by atoms with E-state index in [1.54, 1.807) is 24.3 Å². The molecule has 8 rings (SSSR count). The molecule has 0 radical (unpaired) electrons. The number of halogens is 8. The summed E-state index contributed by atoms with van der Waals surface area (Å²) in [5, 5.41) is 20.0. The highest BCUT2D eigenvalue weighted by atomic mass is 79.9. The van der Waals surface area contributed by atoms with Gasteiger partial charge in [0.1, 0.15) is 23.0 Å². The van der Waals surface area contributed by atoms with E-state index in [1.807, 2.05) is 60.7 Å². The second-order valence-corrected chi connectivity index (χ2v) is 23.6. The highest BCUT2D eigenvalue weighted by molar-refractivity contribution is 9.10. The molecule has 0 unspecified atom stereocenters. The Morgan fingerprint density at radius 3 is 1.35 bits per heavy atom. The normalized spacial score (nSPS) is 17.6. The zero-order valence-corrected chi connectivity index (χ0v) is 44.8. The van der Waals surface area contributed by atoms with Crippen molar-refractivity contribution in [1.29, 1.82) is 0 Å². The molecule has 22 heteroatoms. The van der Waals surface area contributed by atoms with Crippen LogP contribution in [0.2, 0.25) is 20.1 Å². The molecule has 2 aliphatic rings. The molecule has 4 aromatic carbocycles. The van der Waals surface area contributed by atoms with Crippen LogP contribution in [0.4, 0.5) is 0 Å². The fourth-order valence-electron chi connectivity index (χ4n) is 6.70. The summed E-state index contributed by atoms with van der Waals surface area (Å²) in [7, 11) is -2.36. The van der Waals surface area contributed by atoms with Crippen LogP contribution in [-0.2, 0) is 45.1 Å². The highest BCUT2D eigenvalue weighted by Gasteiger charge is 2.33. The van der Waals surface area contributed by atoms with Gasteiger partial charge in [0.15, 0.2) is 11.5 Å². The largest absolute Gasteiger partial charge is 0.486 e. The molecular weight excluding hydrogens is 1170 g/mol. The maximum atomic E-state index is 13.2. The van der Waals surface area contributed by atoms with Crippen molar-refractivity contribution in [2.75, 3.05) is 0 Å². The first kappa shape index (κ1) is 54.6. The third-order valence-electron chi connectivity index (χ3n) is 10.4. The first-order valence-electron chi connectivity index (χ1n) is 20.5. The van der Waals surface area contributed by atoms with Crippen LogP contribution in [0.25, 0.3) is 0 Å². The quantitative estimate of drug-likeness (QED) is 0.0568. The van der Waals surface area contributed by atoms with E-state index in [2.05, 4.69) is 51.4 Å². The molecule has 12 nitrogen and oxygen atoms in total. The molecule has 2 fully saturated rings. The van der Waals surface area contributed by atoms with Crippen molar-refractivity contribution in [1.82, 2.24) is 19.5 Å². The molecule has 2 heterocycles. The number of aliphatic hydroxyl groups excluding tert-OH is 2. The average Bonchev–Trinajstić information content (AvgIpc) is 3.27. The fraction of sp³-hybridized carbons (Fsp3) is 0.261. The van der Waals surface area contributed by atoms with Crippen molar-refractivity contribution in [2.24, 2.45) is 0 Å². The Balaban J connectivity index is 0.000000197. The van der Waals surface area contributed by atoms with Crippen molar-refractivity contribution in [3.63, 3.8) is 0 Å². The van der Waals surface area contributed by atoms with Crippen molar-refractivity contribution in [3.8, 4) is 11.5 Å². The van der Waals surface area contributed by atoms with Crippen LogP contribution in [0.3, 0.4) is 0 Å². The molecule has 362 valence electrons. The van der Waals surface area contributed by atoms with E-state index in [9.17, 15) is 21.9 Å². The molecule has 0 spiro atoms. The number of rotatable bonds is 15. The minimum atomic E-state index is -4.05. The van der Waals surface area contributed by atoms with Gasteiger partial charge in [0.05, 0.1) is 24.6 Å². The predicted octanol–water partition coefficient (Wildman–Crippen LogP) is 11.6. The Morgan fingerprint density at radius 2 is 0.985 bits per heavy atom. The van der Waals surface area contributed by atoms with Gasteiger partial charge in [-0.2, -0.15) is 0 Å². The third-order valence-corrected chi connectivity index (χ3v) is 15.9. The lowest BCUT2D eigenvalue weighted by molar-refractivity contribution is 0.0708. The number of hydrogen-bond acceptors (Lipinski definition) is 11. The zero-order valence-electron chi connectivity index (χ0n) is 35.4. The van der Waals surface area contributed by atoms with Gasteiger partial charge in [0.25, 0.3) is 9.05 Å². The summed E-state index contributed by atoms with van der Waals surface area (Å²) in [6, 6.07) is 28.5. The fourth-order valence-corrected chi connectivity index (χ4v) is 12.0. The topological polar surface area (TPSA) is 177 Å². The highest BCUT2D eigenvalue weighted by Crippen LogP contribution is 2.35. The van der Waals surface area contributed by atoms with Gasteiger partial charge < -0.3 is 19.7 Å². The molecule has 2 aromatic heterocycles. The van der Waals surface area contributed by atoms with Gasteiger partial charge in [0.2, 0.25) is 10.0 Å². The molecule has 6 aromatic rings. The van der Waals surface area contributed by atoms with E-state index in [4.69, 9.17) is 83.4 Å². The second kappa shape index (κ2) is 25.1. The molecule has 0 bridgehead atoms. The van der Waals surface area contributed by atoms with Crippen molar-refractivity contribution in [3.05, 3.63) is 172 Å². The van der Waals surface area contributed by atoms with Gasteiger partial charge in [-0.15, -0.1) is 0 Å². The number of nitrogens with one attached hydrogen (secondary N) is 2. The van der Waals surface area contributed by atoms with Crippen LogP contribution in [0.1, 0.15) is 59.3 Å². The maximum Gasteiger partial charge on any atom is 0.265 e. The summed E-state index contributed by atoms with van der Waals surface area (Å²) in [4.78, 5) is 11.1. The molecule has 0 atom stereocenters. The molecule has 0 aliphatic heterocycles. The predicted molar refractivity (Wildman–Crippen MR) is 274 cm³/mol. The third kappa shape index (κ3) is 15.9. The minimum Gasteiger partial charge on any atom is -0.486 e. The van der Waals surface area contributed by atoms with Crippen molar-refractivity contribution >= 4 is 120 Å². The first-order valence-corrected chi connectivity index (χ1v) is 27.8. The van der Waals surface area contributed by atoms with Crippen LogP contribution >= 0.6 is 101 Å². The summed E-state index contributed by atoms with van der Waals surface area (Å²) in [5.41, 5.74) is 3.98. The monoisotopic (exact) mass is 1210 g/mol. The number of ether oxygens (including phenoxy) is 2. The molecule has 4 N–H and O–H groups in total. The van der Waals surface area contributed by atoms with E-state index < -0.39 is 25.2 Å². The van der Waals surface area contributed by atoms with Gasteiger partial charge in [-0.05, 0) is 96.1 Å². The molecular formula is C46H42Br2Cl6N4O8S2. The van der Waals surface area contributed by atoms with Gasteiger partial charge >= 0.3 is 0 Å². The van der Waals surface area contributed by atoms with Crippen LogP contribution in [0.15, 0.2) is 128 Å². The number of sulfonamides is 1. The first-order chi connectivity index (χ1) is 32.3. The summed E-state index contributed by atoms with van der Waals surface area (Å²) in [5.74, 6) is 0.221. The molecule has 68 heavy (non-hydrogen) atoms. The van der Waals surface area contributed by atoms with Crippen LogP contribution in [0, 0.1) is 0 Å². The molecule has 0 saturated heterocycles. The van der Waals surface area contributed by atoms with E-state index in [-0.39, 0.29) is 59.5 Å². The van der Waals surface area contributed by atoms with Crippen molar-refractivity contribution < 1.29 is 36.5 Å². The second-order valence-electron chi connectivity index (χ2n) is 15.7. The van der Waals surface area contributed by atoms with Crippen LogP contribution < -0.4 is 19.0 Å². The van der Waals surface area contributed by atoms with Gasteiger partial charge in [-0.1, -0.05) is 139 Å². The SMILES string of the molecule is O=S(=O)(Cl)c1cc(Cc2c(Cl)cc(Br)cc2Cl)ncc1OCc1ccccc1.O=S(=O)(NC1CC(O)C1)c1cc(Cc2c(Cl)cc(Br)cc2Cl)ncc1OCc1ccccc1.OC1CC(NCl)C1. The molecule has 2 saturated carbocycles. The lowest BCUT2D eigenvalue weighted by Gasteiger charge is -2.31. The Bertz CT molecular complexity index is 2860.